The molecule has 0 aliphatic rings. The Morgan fingerprint density at radius 1 is 1.12 bits per heavy atom. The zero-order chi connectivity index (χ0) is 7.15. The van der Waals surface area contributed by atoms with E-state index in [9.17, 15) is 0 Å². The maximum atomic E-state index is 8.86. The highest BCUT2D eigenvalue weighted by Crippen LogP contribution is 1.66. The van der Waals surface area contributed by atoms with Gasteiger partial charge in [0, 0.05) is 0 Å². The van der Waals surface area contributed by atoms with Gasteiger partial charge in [0.25, 0.3) is 0 Å². The number of hydrogen-bond donors (Lipinski definition) is 4. The minimum Gasteiger partial charge on any atom is -0.473 e. The van der Waals surface area contributed by atoms with Crippen molar-refractivity contribution >= 4 is 24.1 Å². The first-order chi connectivity index (χ1) is 3.46. The van der Waals surface area contributed by atoms with Crippen LogP contribution in [0.5, 0.6) is 0 Å². The van der Waals surface area contributed by atoms with Gasteiger partial charge in [0.05, 0.1) is 0 Å². The zero-order valence-electron chi connectivity index (χ0n) is 3.61. The molecule has 0 spiro atoms. The lowest BCUT2D eigenvalue weighted by Gasteiger charge is -1.60. The Hall–Kier alpha value is -0.910. The van der Waals surface area contributed by atoms with Crippen LogP contribution >= 0.6 is 12.6 Å². The first kappa shape index (κ1) is 10.1. The quantitative estimate of drug-likeness (QED) is 0.373. The molecule has 0 saturated heterocycles. The number of rotatable bonds is 0. The molecule has 0 aromatic heterocycles. The van der Waals surface area contributed by atoms with E-state index in [-0.39, 0.29) is 0 Å². The van der Waals surface area contributed by atoms with Gasteiger partial charge in [-0.05, 0) is 0 Å². The van der Waals surface area contributed by atoms with Crippen molar-refractivity contribution in [1.29, 1.82) is 0 Å². The minimum absolute atomic E-state index is 1.14. The van der Waals surface area contributed by atoms with E-state index < -0.39 is 11.5 Å². The number of hydrogen-bond acceptors (Lipinski definition) is 2. The lowest BCUT2D eigenvalue weighted by Crippen LogP contribution is -1.81. The van der Waals surface area contributed by atoms with E-state index in [0.29, 0.717) is 0 Å². The molecule has 0 bridgehead atoms. The minimum atomic E-state index is -1.83. The lowest BCUT2D eigenvalue weighted by atomic mass is 11.5. The predicted octanol–water partition coefficient (Wildman–Crippen LogP) is 0.817. The van der Waals surface area contributed by atoms with Crippen molar-refractivity contribution in [3.05, 3.63) is 0 Å². The summed E-state index contributed by atoms with van der Waals surface area (Å²) in [5, 5.41) is 20.1. The fourth-order valence-electron chi connectivity index (χ4n) is 0. The third kappa shape index (κ3) is 103. The molecule has 0 radical (unpaired) electrons. The number of carbonyl (C=O) groups is 2. The zero-order valence-corrected chi connectivity index (χ0v) is 4.50. The van der Waals surface area contributed by atoms with Crippen LogP contribution in [0, 0.1) is 0 Å². The smallest absolute Gasteiger partial charge is 0.473 e. The Balaban J connectivity index is 0. The standard InChI is InChI=1S/CH2O3.CH2O2S/c2*2-1(3)4/h(H2,2,3,4);4H,(H,2,3). The summed E-state index contributed by atoms with van der Waals surface area (Å²) in [6.07, 6.45) is -1.83. The summed E-state index contributed by atoms with van der Waals surface area (Å²) in [7, 11) is 0. The van der Waals surface area contributed by atoms with Gasteiger partial charge >= 0.3 is 11.5 Å². The van der Waals surface area contributed by atoms with Gasteiger partial charge in [0.15, 0.2) is 0 Å². The van der Waals surface area contributed by atoms with Gasteiger partial charge < -0.3 is 15.3 Å². The van der Waals surface area contributed by atoms with Crippen LogP contribution in [0.2, 0.25) is 0 Å². The molecule has 48 valence electrons. The molecule has 0 rings (SSSR count). The average molecular weight is 140 g/mol. The fourth-order valence-corrected chi connectivity index (χ4v) is 0. The normalized spacial score (nSPS) is 6.12. The van der Waals surface area contributed by atoms with E-state index in [1.165, 1.54) is 0 Å². The molecule has 0 aliphatic carbocycles. The third-order valence-electron chi connectivity index (χ3n) is 0. The van der Waals surface area contributed by atoms with Gasteiger partial charge in [-0.15, -0.1) is 0 Å². The monoisotopic (exact) mass is 140 g/mol. The summed E-state index contributed by atoms with van der Waals surface area (Å²) >= 11 is 2.88. The van der Waals surface area contributed by atoms with Crippen molar-refractivity contribution in [2.75, 3.05) is 0 Å². The van der Waals surface area contributed by atoms with E-state index in [0.717, 1.165) is 0 Å². The van der Waals surface area contributed by atoms with Crippen LogP contribution in [-0.2, 0) is 0 Å². The molecule has 6 heteroatoms. The molecule has 0 fully saturated rings. The summed E-state index contributed by atoms with van der Waals surface area (Å²) in [6.45, 7) is 0. The largest absolute Gasteiger partial charge is 0.503 e. The van der Waals surface area contributed by atoms with Crippen LogP contribution in [0.1, 0.15) is 0 Å². The molecule has 0 heterocycles. The van der Waals surface area contributed by atoms with Gasteiger partial charge in [-0.3, -0.25) is 0 Å². The summed E-state index contributed by atoms with van der Waals surface area (Å²) < 4.78 is 0. The molecule has 0 aromatic rings. The highest BCUT2D eigenvalue weighted by atomic mass is 32.1. The van der Waals surface area contributed by atoms with Crippen molar-refractivity contribution in [1.82, 2.24) is 0 Å². The Labute approximate surface area is 50.0 Å². The topological polar surface area (TPSA) is 94.8 Å². The third-order valence-corrected chi connectivity index (χ3v) is 0. The molecular weight excluding hydrogens is 136 g/mol. The Morgan fingerprint density at radius 3 is 1.12 bits per heavy atom. The Morgan fingerprint density at radius 2 is 1.12 bits per heavy atom. The van der Waals surface area contributed by atoms with Crippen LogP contribution in [-0.4, -0.2) is 26.8 Å². The number of carboxylic acid groups (broad SMARTS) is 3. The summed E-state index contributed by atoms with van der Waals surface area (Å²) in [5.74, 6) is 0. The second-order valence-electron chi connectivity index (χ2n) is 0.565. The second-order valence-corrected chi connectivity index (χ2v) is 0.948. The molecule has 5 nitrogen and oxygen atoms in total. The maximum absolute atomic E-state index is 8.86. The van der Waals surface area contributed by atoms with E-state index in [4.69, 9.17) is 24.9 Å². The fraction of sp³-hybridized carbons (Fsp3) is 0. The van der Waals surface area contributed by atoms with Gasteiger partial charge in [-0.2, -0.15) is 0 Å². The van der Waals surface area contributed by atoms with Gasteiger partial charge in [0.1, 0.15) is 0 Å². The molecule has 0 aromatic carbocycles. The summed E-state index contributed by atoms with van der Waals surface area (Å²) in [6, 6.07) is 0. The molecule has 3 N–H and O–H groups in total. The summed E-state index contributed by atoms with van der Waals surface area (Å²) in [4.78, 5) is 17.4. The van der Waals surface area contributed by atoms with E-state index in [2.05, 4.69) is 12.6 Å². The first-order valence-electron chi connectivity index (χ1n) is 1.30. The van der Waals surface area contributed by atoms with Crippen LogP contribution < -0.4 is 0 Å². The predicted molar refractivity (Wildman–Crippen MR) is 27.7 cm³/mol. The molecule has 0 aliphatic heterocycles. The molecule has 0 saturated carbocycles. The molecule has 0 unspecified atom stereocenters. The SMILES string of the molecule is O=C(O)O.O=C(O)S. The molecule has 0 amide bonds. The highest BCUT2D eigenvalue weighted by Gasteiger charge is 1.70. The van der Waals surface area contributed by atoms with Crippen LogP contribution in [0.4, 0.5) is 9.59 Å². The van der Waals surface area contributed by atoms with Crippen molar-refractivity contribution < 1.29 is 24.9 Å². The molecule has 0 atom stereocenters. The van der Waals surface area contributed by atoms with Crippen molar-refractivity contribution in [2.45, 2.75) is 0 Å². The van der Waals surface area contributed by atoms with Crippen molar-refractivity contribution in [2.24, 2.45) is 0 Å². The van der Waals surface area contributed by atoms with Crippen LogP contribution in [0.25, 0.3) is 0 Å². The molecular formula is C2H4O5S. The Bertz CT molecular complexity index is 68.4. The van der Waals surface area contributed by atoms with Crippen molar-refractivity contribution in [3.63, 3.8) is 0 Å². The highest BCUT2D eigenvalue weighted by molar-refractivity contribution is 7.96. The molecule has 8 heavy (non-hydrogen) atoms. The van der Waals surface area contributed by atoms with E-state index >= 15 is 0 Å². The van der Waals surface area contributed by atoms with Gasteiger partial charge in [0.2, 0.25) is 0 Å². The van der Waals surface area contributed by atoms with Gasteiger partial charge in [-0.1, -0.05) is 12.6 Å². The maximum Gasteiger partial charge on any atom is 0.503 e. The van der Waals surface area contributed by atoms with Crippen LogP contribution in [0.15, 0.2) is 0 Å². The van der Waals surface area contributed by atoms with Gasteiger partial charge in [-0.25, -0.2) is 9.59 Å². The first-order valence-corrected chi connectivity index (χ1v) is 1.75. The average Bonchev–Trinajstić information content (AvgIpc) is 1.25. The second kappa shape index (κ2) is 6.09. The Kier molecular flexibility index (Phi) is 7.73. The number of thiol groups is 1. The van der Waals surface area contributed by atoms with Crippen molar-refractivity contribution in [3.8, 4) is 0 Å². The van der Waals surface area contributed by atoms with E-state index in [1.54, 1.807) is 0 Å². The lowest BCUT2D eigenvalue weighted by molar-refractivity contribution is 0.137. The van der Waals surface area contributed by atoms with Crippen LogP contribution in [0.3, 0.4) is 0 Å². The van der Waals surface area contributed by atoms with E-state index in [1.807, 2.05) is 0 Å². The summed E-state index contributed by atoms with van der Waals surface area (Å²) in [5.41, 5.74) is 0.